The molecule has 1 aliphatic heterocycles. The minimum atomic E-state index is -4.02. The van der Waals surface area contributed by atoms with Gasteiger partial charge < -0.3 is 10.6 Å². The first-order valence-electron chi connectivity index (χ1n) is 9.02. The lowest BCUT2D eigenvalue weighted by atomic mass is 9.84. The van der Waals surface area contributed by atoms with Gasteiger partial charge in [0.15, 0.2) is 4.90 Å². The van der Waals surface area contributed by atoms with Gasteiger partial charge in [0.05, 0.1) is 4.92 Å². The summed E-state index contributed by atoms with van der Waals surface area (Å²) in [5.41, 5.74) is -0.482. The third kappa shape index (κ3) is 7.01. The minimum absolute atomic E-state index is 0. The standard InChI is InChI=1S/C17H26N4O5S.ClH/c1-13(14-6-8-18-9-7-14)12-17(22)19-10-11-20-27(25,26)16-5-3-2-4-15(16)21(23)24;/h2-5,13-14,18,20H,6-12H2,1H3,(H,19,22);1H. The van der Waals surface area contributed by atoms with Crippen LogP contribution >= 0.6 is 12.4 Å². The zero-order chi connectivity index (χ0) is 19.9. The molecule has 158 valence electrons. The summed E-state index contributed by atoms with van der Waals surface area (Å²) in [5, 5.41) is 17.0. The maximum Gasteiger partial charge on any atom is 0.289 e. The number of para-hydroxylation sites is 1. The fourth-order valence-corrected chi connectivity index (χ4v) is 4.45. The highest BCUT2D eigenvalue weighted by Gasteiger charge is 2.25. The summed E-state index contributed by atoms with van der Waals surface area (Å²) in [4.78, 5) is 21.9. The molecule has 1 aromatic carbocycles. The fourth-order valence-electron chi connectivity index (χ4n) is 3.24. The second kappa shape index (κ2) is 11.3. The van der Waals surface area contributed by atoms with Crippen LogP contribution in [0.3, 0.4) is 0 Å². The molecular formula is C17H27ClN4O5S. The number of rotatable bonds is 9. The lowest BCUT2D eigenvalue weighted by Gasteiger charge is -2.27. The van der Waals surface area contributed by atoms with Crippen LogP contribution in [-0.4, -0.2) is 45.4 Å². The van der Waals surface area contributed by atoms with Crippen molar-refractivity contribution in [3.05, 3.63) is 34.4 Å². The Morgan fingerprint density at radius 2 is 1.93 bits per heavy atom. The summed E-state index contributed by atoms with van der Waals surface area (Å²) in [6, 6.07) is 5.14. The first-order valence-corrected chi connectivity index (χ1v) is 10.5. The first kappa shape index (κ1) is 24.3. The Labute approximate surface area is 171 Å². The number of benzene rings is 1. The zero-order valence-corrected chi connectivity index (χ0v) is 17.4. The molecule has 0 spiro atoms. The molecule has 0 aliphatic carbocycles. The Balaban J connectivity index is 0.00000392. The number of nitrogens with zero attached hydrogens (tertiary/aromatic N) is 1. The Morgan fingerprint density at radius 3 is 2.57 bits per heavy atom. The maximum atomic E-state index is 12.3. The minimum Gasteiger partial charge on any atom is -0.355 e. The van der Waals surface area contributed by atoms with Crippen LogP contribution in [0.2, 0.25) is 0 Å². The molecule has 0 bridgehead atoms. The van der Waals surface area contributed by atoms with Crippen LogP contribution in [0.1, 0.15) is 26.2 Å². The number of nitro groups is 1. The molecule has 1 amide bonds. The number of sulfonamides is 1. The third-order valence-corrected chi connectivity index (χ3v) is 6.30. The largest absolute Gasteiger partial charge is 0.355 e. The van der Waals surface area contributed by atoms with Gasteiger partial charge in [-0.2, -0.15) is 0 Å². The number of nitro benzene ring substituents is 1. The van der Waals surface area contributed by atoms with Gasteiger partial charge in [0.25, 0.3) is 5.69 Å². The molecule has 9 nitrogen and oxygen atoms in total. The predicted octanol–water partition coefficient (Wildman–Crippen LogP) is 1.44. The number of carbonyl (C=O) groups excluding carboxylic acids is 1. The number of amides is 1. The van der Waals surface area contributed by atoms with E-state index in [2.05, 4.69) is 22.3 Å². The molecule has 1 saturated heterocycles. The SMILES string of the molecule is CC(CC(=O)NCCNS(=O)(=O)c1ccccc1[N+](=O)[O-])C1CCNCC1.Cl. The van der Waals surface area contributed by atoms with E-state index in [0.29, 0.717) is 12.3 Å². The van der Waals surface area contributed by atoms with Crippen molar-refractivity contribution in [3.63, 3.8) is 0 Å². The van der Waals surface area contributed by atoms with Crippen molar-refractivity contribution in [2.45, 2.75) is 31.1 Å². The van der Waals surface area contributed by atoms with Crippen LogP contribution in [0, 0.1) is 22.0 Å². The molecule has 1 fully saturated rings. The predicted molar refractivity (Wildman–Crippen MR) is 108 cm³/mol. The van der Waals surface area contributed by atoms with Gasteiger partial charge in [0, 0.05) is 25.6 Å². The van der Waals surface area contributed by atoms with E-state index in [9.17, 15) is 23.3 Å². The van der Waals surface area contributed by atoms with Gasteiger partial charge in [-0.05, 0) is 43.8 Å². The van der Waals surface area contributed by atoms with Crippen molar-refractivity contribution >= 4 is 34.0 Å². The van der Waals surface area contributed by atoms with Crippen molar-refractivity contribution in [2.75, 3.05) is 26.2 Å². The molecule has 11 heteroatoms. The highest BCUT2D eigenvalue weighted by molar-refractivity contribution is 7.89. The summed E-state index contributed by atoms with van der Waals surface area (Å²) in [6.45, 7) is 4.10. The van der Waals surface area contributed by atoms with Gasteiger partial charge in [-0.25, -0.2) is 13.1 Å². The molecule has 1 aliphatic rings. The van der Waals surface area contributed by atoms with E-state index in [1.807, 2.05) is 0 Å². The molecule has 0 aromatic heterocycles. The third-order valence-electron chi connectivity index (χ3n) is 4.79. The van der Waals surface area contributed by atoms with Crippen molar-refractivity contribution in [1.82, 2.24) is 15.4 Å². The molecule has 3 N–H and O–H groups in total. The van der Waals surface area contributed by atoms with Crippen LogP contribution in [0.25, 0.3) is 0 Å². The molecule has 0 radical (unpaired) electrons. The van der Waals surface area contributed by atoms with Crippen molar-refractivity contribution in [1.29, 1.82) is 0 Å². The van der Waals surface area contributed by atoms with Gasteiger partial charge >= 0.3 is 0 Å². The molecule has 0 saturated carbocycles. The monoisotopic (exact) mass is 434 g/mol. The van der Waals surface area contributed by atoms with Crippen molar-refractivity contribution in [3.8, 4) is 0 Å². The van der Waals surface area contributed by atoms with E-state index >= 15 is 0 Å². The average molecular weight is 435 g/mol. The van der Waals surface area contributed by atoms with Crippen molar-refractivity contribution < 1.29 is 18.1 Å². The van der Waals surface area contributed by atoms with Gasteiger partial charge in [-0.15, -0.1) is 12.4 Å². The van der Waals surface area contributed by atoms with E-state index in [1.54, 1.807) is 0 Å². The summed E-state index contributed by atoms with van der Waals surface area (Å²) >= 11 is 0. The Hall–Kier alpha value is -1.75. The van der Waals surface area contributed by atoms with Gasteiger partial charge in [-0.1, -0.05) is 19.1 Å². The number of halogens is 1. The fraction of sp³-hybridized carbons (Fsp3) is 0.588. The summed E-state index contributed by atoms with van der Waals surface area (Å²) in [5.74, 6) is 0.677. The quantitative estimate of drug-likeness (QED) is 0.306. The highest BCUT2D eigenvalue weighted by Crippen LogP contribution is 2.24. The van der Waals surface area contributed by atoms with Crippen LogP contribution < -0.4 is 15.4 Å². The zero-order valence-electron chi connectivity index (χ0n) is 15.7. The number of piperidine rings is 1. The van der Waals surface area contributed by atoms with E-state index in [0.717, 1.165) is 32.0 Å². The Bertz CT molecular complexity index is 769. The average Bonchev–Trinajstić information content (AvgIpc) is 2.66. The lowest BCUT2D eigenvalue weighted by molar-refractivity contribution is -0.387. The van der Waals surface area contributed by atoms with E-state index < -0.39 is 20.6 Å². The van der Waals surface area contributed by atoms with E-state index in [-0.39, 0.29) is 42.2 Å². The number of hydrogen-bond acceptors (Lipinski definition) is 6. The summed E-state index contributed by atoms with van der Waals surface area (Å²) < 4.78 is 26.8. The van der Waals surface area contributed by atoms with Crippen LogP contribution in [0.15, 0.2) is 29.2 Å². The summed E-state index contributed by atoms with van der Waals surface area (Å²) in [7, 11) is -4.02. The molecule has 1 unspecified atom stereocenters. The smallest absolute Gasteiger partial charge is 0.289 e. The number of hydrogen-bond donors (Lipinski definition) is 3. The van der Waals surface area contributed by atoms with Crippen LogP contribution in [0.5, 0.6) is 0 Å². The van der Waals surface area contributed by atoms with E-state index in [4.69, 9.17) is 0 Å². The Morgan fingerprint density at radius 1 is 1.29 bits per heavy atom. The number of carbonyl (C=O) groups is 1. The lowest BCUT2D eigenvalue weighted by Crippen LogP contribution is -2.37. The second-order valence-electron chi connectivity index (χ2n) is 6.74. The first-order chi connectivity index (χ1) is 12.8. The maximum absolute atomic E-state index is 12.3. The van der Waals surface area contributed by atoms with Crippen LogP contribution in [-0.2, 0) is 14.8 Å². The van der Waals surface area contributed by atoms with Gasteiger partial charge in [0.1, 0.15) is 0 Å². The van der Waals surface area contributed by atoms with Gasteiger partial charge in [0.2, 0.25) is 15.9 Å². The summed E-state index contributed by atoms with van der Waals surface area (Å²) in [6.07, 6.45) is 2.52. The van der Waals surface area contributed by atoms with Crippen molar-refractivity contribution in [2.24, 2.45) is 11.8 Å². The number of nitrogens with one attached hydrogen (secondary N) is 3. The normalized spacial score (nSPS) is 16.0. The molecule has 1 atom stereocenters. The van der Waals surface area contributed by atoms with Gasteiger partial charge in [-0.3, -0.25) is 14.9 Å². The topological polar surface area (TPSA) is 130 Å². The molecule has 1 heterocycles. The van der Waals surface area contributed by atoms with Crippen LogP contribution in [0.4, 0.5) is 5.69 Å². The Kier molecular flexibility index (Phi) is 9.80. The molecule has 2 rings (SSSR count). The molecule has 1 aromatic rings. The van der Waals surface area contributed by atoms with E-state index in [1.165, 1.54) is 18.2 Å². The molecular weight excluding hydrogens is 408 g/mol. The molecule has 28 heavy (non-hydrogen) atoms. The highest BCUT2D eigenvalue weighted by atomic mass is 35.5. The second-order valence-corrected chi connectivity index (χ2v) is 8.48.